The molecule has 24 heavy (non-hydrogen) atoms. The van der Waals surface area contributed by atoms with Gasteiger partial charge in [0.1, 0.15) is 5.76 Å². The summed E-state index contributed by atoms with van der Waals surface area (Å²) in [6, 6.07) is 4.11. The van der Waals surface area contributed by atoms with Gasteiger partial charge >= 0.3 is 0 Å². The molecule has 0 amide bonds. The lowest BCUT2D eigenvalue weighted by atomic mass is 10.2. The monoisotopic (exact) mass is 346 g/mol. The molecule has 4 rings (SSSR count). The molecule has 0 radical (unpaired) electrons. The predicted octanol–water partition coefficient (Wildman–Crippen LogP) is 1.99. The Morgan fingerprint density at radius 2 is 2.33 bits per heavy atom. The minimum atomic E-state index is 0.0281. The number of hydrogen-bond acceptors (Lipinski definition) is 6. The molecule has 6 nitrogen and oxygen atoms in total. The standard InChI is InChI=1S/C17H22N4O2S/c1-12-7-14(19-23-12)9-20-5-2-3-15(20)10-21-17(22)8-13-11-24-6-4-16(13)18-21/h7-8,15H,2-6,9-11H2,1H3. The van der Waals surface area contributed by atoms with E-state index >= 15 is 0 Å². The maximum atomic E-state index is 12.4. The average Bonchev–Trinajstić information content (AvgIpc) is 3.18. The molecule has 2 aliphatic rings. The highest BCUT2D eigenvalue weighted by Gasteiger charge is 2.27. The van der Waals surface area contributed by atoms with Crippen molar-refractivity contribution < 1.29 is 4.52 Å². The summed E-state index contributed by atoms with van der Waals surface area (Å²) in [6.07, 6.45) is 3.21. The molecule has 0 aliphatic carbocycles. The normalized spacial score (nSPS) is 21.1. The van der Waals surface area contributed by atoms with Gasteiger partial charge in [-0.1, -0.05) is 5.16 Å². The number of likely N-dealkylation sites (tertiary alicyclic amines) is 1. The van der Waals surface area contributed by atoms with Crippen molar-refractivity contribution in [3.05, 3.63) is 45.2 Å². The van der Waals surface area contributed by atoms with Crippen LogP contribution in [0.15, 0.2) is 21.5 Å². The summed E-state index contributed by atoms with van der Waals surface area (Å²) in [6.45, 7) is 4.38. The first-order chi connectivity index (χ1) is 11.7. The number of fused-ring (bicyclic) bond motifs is 1. The third-order valence-corrected chi connectivity index (χ3v) is 5.84. The Morgan fingerprint density at radius 3 is 3.17 bits per heavy atom. The molecule has 4 heterocycles. The van der Waals surface area contributed by atoms with Crippen LogP contribution in [0.2, 0.25) is 0 Å². The molecule has 0 bridgehead atoms. The molecule has 128 valence electrons. The molecule has 7 heteroatoms. The summed E-state index contributed by atoms with van der Waals surface area (Å²) in [4.78, 5) is 14.8. The third kappa shape index (κ3) is 3.28. The Balaban J connectivity index is 1.50. The van der Waals surface area contributed by atoms with Crippen molar-refractivity contribution in [3.8, 4) is 0 Å². The van der Waals surface area contributed by atoms with E-state index in [0.29, 0.717) is 12.6 Å². The van der Waals surface area contributed by atoms with Crippen LogP contribution in [-0.4, -0.2) is 38.2 Å². The van der Waals surface area contributed by atoms with Gasteiger partial charge in [0.2, 0.25) is 0 Å². The van der Waals surface area contributed by atoms with E-state index in [1.54, 1.807) is 10.7 Å². The van der Waals surface area contributed by atoms with Crippen molar-refractivity contribution in [3.63, 3.8) is 0 Å². The van der Waals surface area contributed by atoms with Crippen LogP contribution in [0.1, 0.15) is 35.6 Å². The molecule has 1 fully saturated rings. The van der Waals surface area contributed by atoms with Crippen molar-refractivity contribution in [2.24, 2.45) is 0 Å². The summed E-state index contributed by atoms with van der Waals surface area (Å²) in [5, 5.41) is 8.74. The molecule has 2 aromatic rings. The first kappa shape index (κ1) is 15.9. The molecular formula is C17H22N4O2S. The molecule has 2 aliphatic heterocycles. The fourth-order valence-corrected chi connectivity index (χ4v) is 4.55. The zero-order chi connectivity index (χ0) is 16.5. The topological polar surface area (TPSA) is 64.2 Å². The Morgan fingerprint density at radius 1 is 1.42 bits per heavy atom. The molecule has 2 aromatic heterocycles. The van der Waals surface area contributed by atoms with Crippen LogP contribution in [0.25, 0.3) is 0 Å². The Hall–Kier alpha value is -1.60. The number of thioether (sulfide) groups is 1. The smallest absolute Gasteiger partial charge is 0.267 e. The van der Waals surface area contributed by atoms with E-state index in [2.05, 4.69) is 15.2 Å². The molecule has 0 N–H and O–H groups in total. The Bertz CT molecular complexity index is 785. The third-order valence-electron chi connectivity index (χ3n) is 4.83. The molecular weight excluding hydrogens is 324 g/mol. The number of nitrogens with zero attached hydrogens (tertiary/aromatic N) is 4. The van der Waals surface area contributed by atoms with Gasteiger partial charge in [-0.2, -0.15) is 16.9 Å². The summed E-state index contributed by atoms with van der Waals surface area (Å²) in [5.41, 5.74) is 3.21. The second kappa shape index (κ2) is 6.72. The van der Waals surface area contributed by atoms with Crippen molar-refractivity contribution >= 4 is 11.8 Å². The SMILES string of the molecule is Cc1cc(CN2CCCC2Cn2nc3c(cc2=O)CSCC3)no1. The first-order valence-electron chi connectivity index (χ1n) is 8.53. The average molecular weight is 346 g/mol. The van der Waals surface area contributed by atoms with Crippen molar-refractivity contribution in [2.45, 2.75) is 51.1 Å². The van der Waals surface area contributed by atoms with Gasteiger partial charge in [-0.25, -0.2) is 4.68 Å². The number of aromatic nitrogens is 3. The highest BCUT2D eigenvalue weighted by molar-refractivity contribution is 7.98. The summed E-state index contributed by atoms with van der Waals surface area (Å²) in [5.74, 6) is 2.85. The van der Waals surface area contributed by atoms with Crippen LogP contribution in [0.5, 0.6) is 0 Å². The van der Waals surface area contributed by atoms with E-state index in [1.165, 1.54) is 0 Å². The minimum absolute atomic E-state index is 0.0281. The summed E-state index contributed by atoms with van der Waals surface area (Å²) in [7, 11) is 0. The van der Waals surface area contributed by atoms with Crippen molar-refractivity contribution in [1.29, 1.82) is 0 Å². The lowest BCUT2D eigenvalue weighted by Crippen LogP contribution is -2.37. The molecule has 0 aromatic carbocycles. The maximum absolute atomic E-state index is 12.4. The van der Waals surface area contributed by atoms with Gasteiger partial charge in [0.15, 0.2) is 0 Å². The van der Waals surface area contributed by atoms with Crippen LogP contribution in [0.4, 0.5) is 0 Å². The van der Waals surface area contributed by atoms with E-state index in [0.717, 1.165) is 66.6 Å². The lowest BCUT2D eigenvalue weighted by Gasteiger charge is -2.24. The lowest BCUT2D eigenvalue weighted by molar-refractivity contribution is 0.210. The number of hydrogen-bond donors (Lipinski definition) is 0. The number of rotatable bonds is 4. The van der Waals surface area contributed by atoms with Gasteiger partial charge in [0.25, 0.3) is 5.56 Å². The highest BCUT2D eigenvalue weighted by atomic mass is 32.2. The maximum Gasteiger partial charge on any atom is 0.267 e. The highest BCUT2D eigenvalue weighted by Crippen LogP contribution is 2.23. The van der Waals surface area contributed by atoms with Gasteiger partial charge < -0.3 is 4.52 Å². The summed E-state index contributed by atoms with van der Waals surface area (Å²) >= 11 is 1.88. The molecule has 1 unspecified atom stereocenters. The molecule has 0 saturated carbocycles. The van der Waals surface area contributed by atoms with E-state index in [4.69, 9.17) is 4.52 Å². The summed E-state index contributed by atoms with van der Waals surface area (Å²) < 4.78 is 6.84. The van der Waals surface area contributed by atoms with Crippen LogP contribution >= 0.6 is 11.8 Å². The van der Waals surface area contributed by atoms with Crippen LogP contribution in [0, 0.1) is 6.92 Å². The predicted molar refractivity (Wildman–Crippen MR) is 93.0 cm³/mol. The Kier molecular flexibility index (Phi) is 4.45. The van der Waals surface area contributed by atoms with Crippen LogP contribution in [-0.2, 0) is 25.3 Å². The van der Waals surface area contributed by atoms with Gasteiger partial charge in [-0.15, -0.1) is 0 Å². The fraction of sp³-hybridized carbons (Fsp3) is 0.588. The van der Waals surface area contributed by atoms with Crippen molar-refractivity contribution in [1.82, 2.24) is 19.8 Å². The molecule has 1 saturated heterocycles. The molecule has 0 spiro atoms. The number of aryl methyl sites for hydroxylation is 2. The molecule has 1 atom stereocenters. The zero-order valence-electron chi connectivity index (χ0n) is 13.9. The van der Waals surface area contributed by atoms with Gasteiger partial charge in [-0.05, 0) is 37.6 Å². The second-order valence-corrected chi connectivity index (χ2v) is 7.74. The van der Waals surface area contributed by atoms with E-state index < -0.39 is 0 Å². The van der Waals surface area contributed by atoms with E-state index in [9.17, 15) is 4.79 Å². The van der Waals surface area contributed by atoms with E-state index in [1.807, 2.05) is 24.8 Å². The van der Waals surface area contributed by atoms with Gasteiger partial charge in [0.05, 0.1) is 17.9 Å². The quantitative estimate of drug-likeness (QED) is 0.844. The largest absolute Gasteiger partial charge is 0.361 e. The first-order valence-corrected chi connectivity index (χ1v) is 9.68. The van der Waals surface area contributed by atoms with Crippen molar-refractivity contribution in [2.75, 3.05) is 12.3 Å². The van der Waals surface area contributed by atoms with E-state index in [-0.39, 0.29) is 5.56 Å². The van der Waals surface area contributed by atoms with Gasteiger partial charge in [0, 0.05) is 36.9 Å². The zero-order valence-corrected chi connectivity index (χ0v) is 14.7. The fourth-order valence-electron chi connectivity index (χ4n) is 3.59. The minimum Gasteiger partial charge on any atom is -0.361 e. The van der Waals surface area contributed by atoms with Gasteiger partial charge in [-0.3, -0.25) is 9.69 Å². The Labute approximate surface area is 145 Å². The van der Waals surface area contributed by atoms with Crippen LogP contribution < -0.4 is 5.56 Å². The van der Waals surface area contributed by atoms with Crippen LogP contribution in [0.3, 0.4) is 0 Å². The second-order valence-electron chi connectivity index (χ2n) is 6.63.